The van der Waals surface area contributed by atoms with Crippen LogP contribution in [-0.2, 0) is 14.3 Å². The van der Waals surface area contributed by atoms with Crippen LogP contribution in [0.15, 0.2) is 0 Å². The molecule has 0 bridgehead atoms. The van der Waals surface area contributed by atoms with Crippen LogP contribution in [0.1, 0.15) is 91.4 Å². The highest BCUT2D eigenvalue weighted by molar-refractivity contribution is 5.76. The summed E-state index contributed by atoms with van der Waals surface area (Å²) >= 11 is 0. The molecule has 0 spiro atoms. The summed E-state index contributed by atoms with van der Waals surface area (Å²) in [6.07, 6.45) is 12.7. The van der Waals surface area contributed by atoms with Crippen LogP contribution in [-0.4, -0.2) is 48.8 Å². The van der Waals surface area contributed by atoms with E-state index in [1.807, 2.05) is 0 Å². The van der Waals surface area contributed by atoms with E-state index in [0.717, 1.165) is 70.7 Å². The van der Waals surface area contributed by atoms with E-state index in [1.54, 1.807) is 0 Å². The number of carbonyl (C=O) groups is 1. The number of ether oxygens (including phenoxy) is 2. The lowest BCUT2D eigenvalue weighted by Gasteiger charge is -2.22. The molecule has 0 aromatic heterocycles. The van der Waals surface area contributed by atoms with Gasteiger partial charge in [0.05, 0.1) is 11.7 Å². The summed E-state index contributed by atoms with van der Waals surface area (Å²) in [4.78, 5) is 14.4. The molecule has 2 fully saturated rings. The third kappa shape index (κ3) is 7.19. The molecule has 2 aliphatic rings. The van der Waals surface area contributed by atoms with Gasteiger partial charge in [0.15, 0.2) is 0 Å². The monoisotopic (exact) mass is 367 g/mol. The van der Waals surface area contributed by atoms with E-state index < -0.39 is 0 Å². The zero-order valence-electron chi connectivity index (χ0n) is 17.4. The molecule has 3 atom stereocenters. The fourth-order valence-electron chi connectivity index (χ4n) is 4.10. The molecular weight excluding hydrogens is 326 g/mol. The van der Waals surface area contributed by atoms with Gasteiger partial charge >= 0.3 is 0 Å². The van der Waals surface area contributed by atoms with Crippen molar-refractivity contribution in [1.82, 2.24) is 4.90 Å². The summed E-state index contributed by atoms with van der Waals surface area (Å²) in [7, 11) is 0. The first-order valence-corrected chi connectivity index (χ1v) is 11.1. The lowest BCUT2D eigenvalue weighted by molar-refractivity contribution is -0.131. The minimum atomic E-state index is 0.238. The Morgan fingerprint density at radius 2 is 1.81 bits per heavy atom. The Balaban J connectivity index is 1.46. The number of nitrogens with zero attached hydrogens (tertiary/aromatic N) is 1. The van der Waals surface area contributed by atoms with E-state index in [1.165, 1.54) is 25.7 Å². The number of amides is 1. The molecule has 0 aromatic carbocycles. The Hall–Kier alpha value is -0.610. The number of fused-ring (bicyclic) bond motifs is 1. The molecule has 0 N–H and O–H groups in total. The van der Waals surface area contributed by atoms with E-state index in [0.29, 0.717) is 18.4 Å². The first-order chi connectivity index (χ1) is 12.6. The topological polar surface area (TPSA) is 42.1 Å². The zero-order valence-corrected chi connectivity index (χ0v) is 17.4. The quantitative estimate of drug-likeness (QED) is 0.322. The van der Waals surface area contributed by atoms with Crippen LogP contribution in [0.2, 0.25) is 0 Å². The Morgan fingerprint density at radius 1 is 1.12 bits per heavy atom. The van der Waals surface area contributed by atoms with Crippen molar-refractivity contribution < 1.29 is 14.3 Å². The van der Waals surface area contributed by atoms with Crippen molar-refractivity contribution in [2.75, 3.05) is 26.3 Å². The van der Waals surface area contributed by atoms with Crippen LogP contribution in [0.4, 0.5) is 0 Å². The van der Waals surface area contributed by atoms with Gasteiger partial charge in [-0.2, -0.15) is 0 Å². The van der Waals surface area contributed by atoms with Gasteiger partial charge in [0.2, 0.25) is 5.91 Å². The molecule has 1 saturated carbocycles. The van der Waals surface area contributed by atoms with Gasteiger partial charge in [-0.3, -0.25) is 4.79 Å². The number of hydrogen-bond donors (Lipinski definition) is 0. The summed E-state index contributed by atoms with van der Waals surface area (Å²) in [5.74, 6) is 1.14. The molecule has 1 heterocycles. The first kappa shape index (κ1) is 21.7. The molecule has 2 rings (SSSR count). The summed E-state index contributed by atoms with van der Waals surface area (Å²) in [6.45, 7) is 10.0. The van der Waals surface area contributed by atoms with E-state index in [9.17, 15) is 4.79 Å². The van der Waals surface area contributed by atoms with Crippen LogP contribution in [0.25, 0.3) is 0 Å². The number of carbonyl (C=O) groups excluding carboxylic acids is 1. The summed E-state index contributed by atoms with van der Waals surface area (Å²) in [5, 5.41) is 0. The SMILES string of the molecule is CCCCN(CCCC)C(=O)CCCOCCCC1CCC2(C)OC2C1. The Kier molecular flexibility index (Phi) is 9.41. The van der Waals surface area contributed by atoms with Crippen molar-refractivity contribution in [2.45, 2.75) is 103 Å². The molecule has 1 saturated heterocycles. The van der Waals surface area contributed by atoms with Gasteiger partial charge in [-0.1, -0.05) is 26.7 Å². The lowest BCUT2D eigenvalue weighted by atomic mass is 9.81. The van der Waals surface area contributed by atoms with Crippen molar-refractivity contribution in [1.29, 1.82) is 0 Å². The van der Waals surface area contributed by atoms with E-state index >= 15 is 0 Å². The molecule has 3 unspecified atom stereocenters. The second kappa shape index (κ2) is 11.3. The molecular formula is C22H41NO3. The van der Waals surface area contributed by atoms with E-state index in [2.05, 4.69) is 25.7 Å². The predicted molar refractivity (Wildman–Crippen MR) is 106 cm³/mol. The van der Waals surface area contributed by atoms with Gasteiger partial charge in [0, 0.05) is 32.7 Å². The largest absolute Gasteiger partial charge is 0.381 e. The average molecular weight is 368 g/mol. The highest BCUT2D eigenvalue weighted by atomic mass is 16.6. The van der Waals surface area contributed by atoms with Crippen molar-refractivity contribution >= 4 is 5.91 Å². The second-order valence-electron chi connectivity index (χ2n) is 8.51. The van der Waals surface area contributed by atoms with E-state index in [-0.39, 0.29) is 5.60 Å². The number of rotatable bonds is 14. The number of epoxide rings is 1. The predicted octanol–water partition coefficient (Wildman–Crippen LogP) is 4.95. The van der Waals surface area contributed by atoms with Crippen LogP contribution in [0.3, 0.4) is 0 Å². The first-order valence-electron chi connectivity index (χ1n) is 11.1. The molecule has 4 heteroatoms. The molecule has 152 valence electrons. The van der Waals surface area contributed by atoms with Crippen LogP contribution in [0.5, 0.6) is 0 Å². The fraction of sp³-hybridized carbons (Fsp3) is 0.955. The second-order valence-corrected chi connectivity index (χ2v) is 8.51. The van der Waals surface area contributed by atoms with Crippen molar-refractivity contribution in [2.24, 2.45) is 5.92 Å². The molecule has 0 aromatic rings. The summed E-state index contributed by atoms with van der Waals surface area (Å²) < 4.78 is 11.6. The third-order valence-electron chi connectivity index (χ3n) is 6.13. The lowest BCUT2D eigenvalue weighted by Crippen LogP contribution is -2.32. The minimum Gasteiger partial charge on any atom is -0.381 e. The van der Waals surface area contributed by atoms with Crippen LogP contribution >= 0.6 is 0 Å². The van der Waals surface area contributed by atoms with Gasteiger partial charge in [0.1, 0.15) is 0 Å². The van der Waals surface area contributed by atoms with E-state index in [4.69, 9.17) is 9.47 Å². The average Bonchev–Trinajstić information content (AvgIpc) is 3.31. The van der Waals surface area contributed by atoms with Gasteiger partial charge in [-0.15, -0.1) is 0 Å². The zero-order chi connectivity index (χ0) is 18.8. The Morgan fingerprint density at radius 3 is 2.46 bits per heavy atom. The third-order valence-corrected chi connectivity index (χ3v) is 6.13. The van der Waals surface area contributed by atoms with Gasteiger partial charge in [0.25, 0.3) is 0 Å². The van der Waals surface area contributed by atoms with Crippen molar-refractivity contribution in [3.8, 4) is 0 Å². The van der Waals surface area contributed by atoms with Gasteiger partial charge in [-0.25, -0.2) is 0 Å². The molecule has 1 aliphatic carbocycles. The maximum Gasteiger partial charge on any atom is 0.222 e. The highest BCUT2D eigenvalue weighted by Crippen LogP contribution is 2.49. The maximum atomic E-state index is 12.4. The normalized spacial score (nSPS) is 27.2. The Labute approximate surface area is 161 Å². The fourth-order valence-corrected chi connectivity index (χ4v) is 4.10. The maximum absolute atomic E-state index is 12.4. The standard InChI is InChI=1S/C22H41NO3/c1-4-6-14-23(15-7-5-2)21(24)11-9-17-25-16-8-10-19-12-13-22(3)20(18-19)26-22/h19-20H,4-18H2,1-3H3. The van der Waals surface area contributed by atoms with Crippen LogP contribution < -0.4 is 0 Å². The molecule has 26 heavy (non-hydrogen) atoms. The van der Waals surface area contributed by atoms with Crippen molar-refractivity contribution in [3.05, 3.63) is 0 Å². The smallest absolute Gasteiger partial charge is 0.222 e. The molecule has 1 aliphatic heterocycles. The van der Waals surface area contributed by atoms with Crippen LogP contribution in [0, 0.1) is 5.92 Å². The molecule has 1 amide bonds. The highest BCUT2D eigenvalue weighted by Gasteiger charge is 2.54. The number of hydrogen-bond acceptors (Lipinski definition) is 3. The van der Waals surface area contributed by atoms with Gasteiger partial charge in [-0.05, 0) is 64.2 Å². The molecule has 0 radical (unpaired) electrons. The van der Waals surface area contributed by atoms with Crippen molar-refractivity contribution in [3.63, 3.8) is 0 Å². The summed E-state index contributed by atoms with van der Waals surface area (Å²) in [6, 6.07) is 0. The minimum absolute atomic E-state index is 0.238. The molecule has 4 nitrogen and oxygen atoms in total. The summed E-state index contributed by atoms with van der Waals surface area (Å²) in [5.41, 5.74) is 0.238. The van der Waals surface area contributed by atoms with Gasteiger partial charge < -0.3 is 14.4 Å². The number of unbranched alkanes of at least 4 members (excludes halogenated alkanes) is 2. The Bertz CT molecular complexity index is 406.